The zero-order chi connectivity index (χ0) is 24.4. The monoisotopic (exact) mass is 582 g/mol. The van der Waals surface area contributed by atoms with Crippen molar-refractivity contribution in [1.29, 1.82) is 0 Å². The third-order valence-electron chi connectivity index (χ3n) is 6.21. The second-order valence-corrected chi connectivity index (χ2v) is 12.0. The van der Waals surface area contributed by atoms with E-state index in [1.54, 1.807) is 28.7 Å². The largest absolute Gasteiger partial charge is 0.339 e. The molecule has 35 heavy (non-hydrogen) atoms. The highest BCUT2D eigenvalue weighted by atomic mass is 79.9. The number of aromatic nitrogens is 1. The first-order valence-electron chi connectivity index (χ1n) is 11.5. The Hall–Kier alpha value is -2.25. The van der Waals surface area contributed by atoms with Gasteiger partial charge in [-0.3, -0.25) is 4.79 Å². The Morgan fingerprint density at radius 3 is 2.43 bits per heavy atom. The van der Waals surface area contributed by atoms with E-state index in [1.807, 2.05) is 46.7 Å². The van der Waals surface area contributed by atoms with Crippen molar-refractivity contribution in [3.05, 3.63) is 91.0 Å². The Morgan fingerprint density at radius 2 is 1.77 bits per heavy atom. The molecule has 1 saturated heterocycles. The SMILES string of the molecule is Cc1ccc(-c2sc(C3CCN(C(=O)/C=C/c4cc(Br)cs4)CC3)nc2-c2ccc(Cl)cc2)cc1. The van der Waals surface area contributed by atoms with Crippen LogP contribution in [0.3, 0.4) is 0 Å². The van der Waals surface area contributed by atoms with Crippen molar-refractivity contribution in [2.24, 2.45) is 0 Å². The van der Waals surface area contributed by atoms with Gasteiger partial charge in [0.2, 0.25) is 5.91 Å². The average Bonchev–Trinajstić information content (AvgIpc) is 3.50. The van der Waals surface area contributed by atoms with Crippen LogP contribution in [0.1, 0.15) is 34.2 Å². The second kappa shape index (κ2) is 10.8. The molecule has 1 fully saturated rings. The van der Waals surface area contributed by atoms with Crippen LogP contribution in [-0.2, 0) is 4.79 Å². The van der Waals surface area contributed by atoms with Crippen LogP contribution in [0.2, 0.25) is 5.02 Å². The zero-order valence-electron chi connectivity index (χ0n) is 19.2. The molecule has 2 aromatic carbocycles. The van der Waals surface area contributed by atoms with Crippen molar-refractivity contribution in [1.82, 2.24) is 9.88 Å². The fourth-order valence-corrected chi connectivity index (χ4v) is 6.96. The molecule has 178 valence electrons. The first-order valence-corrected chi connectivity index (χ1v) is 14.4. The maximum Gasteiger partial charge on any atom is 0.246 e. The van der Waals surface area contributed by atoms with E-state index < -0.39 is 0 Å². The number of likely N-dealkylation sites (tertiary alicyclic amines) is 1. The molecule has 0 radical (unpaired) electrons. The number of hydrogen-bond acceptors (Lipinski definition) is 4. The lowest BCUT2D eigenvalue weighted by Gasteiger charge is -2.30. The summed E-state index contributed by atoms with van der Waals surface area (Å²) in [5, 5.41) is 3.89. The number of carbonyl (C=O) groups is 1. The van der Waals surface area contributed by atoms with Gasteiger partial charge in [0.15, 0.2) is 0 Å². The maximum absolute atomic E-state index is 12.7. The van der Waals surface area contributed by atoms with Crippen LogP contribution >= 0.6 is 50.2 Å². The van der Waals surface area contributed by atoms with Crippen molar-refractivity contribution in [3.8, 4) is 21.7 Å². The Morgan fingerprint density at radius 1 is 1.09 bits per heavy atom. The van der Waals surface area contributed by atoms with Crippen LogP contribution in [-0.4, -0.2) is 28.9 Å². The summed E-state index contributed by atoms with van der Waals surface area (Å²) in [4.78, 5) is 22.1. The molecule has 0 N–H and O–H groups in total. The van der Waals surface area contributed by atoms with Gasteiger partial charge in [0, 0.05) is 50.4 Å². The number of halogens is 2. The first-order chi connectivity index (χ1) is 17.0. The average molecular weight is 584 g/mol. The fourth-order valence-electron chi connectivity index (χ4n) is 4.24. The van der Waals surface area contributed by atoms with E-state index in [-0.39, 0.29) is 5.91 Å². The third-order valence-corrected chi connectivity index (χ3v) is 9.39. The topological polar surface area (TPSA) is 33.2 Å². The molecule has 7 heteroatoms. The summed E-state index contributed by atoms with van der Waals surface area (Å²) in [6.45, 7) is 3.60. The summed E-state index contributed by atoms with van der Waals surface area (Å²) in [5.41, 5.74) is 4.51. The number of rotatable bonds is 5. The molecule has 1 amide bonds. The predicted octanol–water partition coefficient (Wildman–Crippen LogP) is 8.68. The molecule has 0 atom stereocenters. The van der Waals surface area contributed by atoms with Gasteiger partial charge in [-0.1, -0.05) is 53.6 Å². The smallest absolute Gasteiger partial charge is 0.246 e. The highest BCUT2D eigenvalue weighted by molar-refractivity contribution is 9.10. The number of thiophene rings is 1. The standard InChI is InChI=1S/C28H24BrClN2OS2/c1-18-2-4-20(5-3-18)27-26(19-6-8-23(30)9-7-19)31-28(35-27)21-12-14-32(15-13-21)25(33)11-10-24-16-22(29)17-34-24/h2-11,16-17,21H,12-15H2,1H3/b11-10+. The van der Waals surface area contributed by atoms with Gasteiger partial charge in [-0.05, 0) is 65.5 Å². The van der Waals surface area contributed by atoms with Crippen LogP contribution in [0, 0.1) is 6.92 Å². The lowest BCUT2D eigenvalue weighted by Crippen LogP contribution is -2.36. The molecule has 0 unspecified atom stereocenters. The minimum absolute atomic E-state index is 0.0781. The molecular formula is C28H24BrClN2OS2. The molecule has 5 rings (SSSR count). The summed E-state index contributed by atoms with van der Waals surface area (Å²) in [6, 6.07) is 18.6. The van der Waals surface area contributed by atoms with Gasteiger partial charge in [-0.15, -0.1) is 22.7 Å². The molecule has 4 aromatic rings. The maximum atomic E-state index is 12.7. The fraction of sp³-hybridized carbons (Fsp3) is 0.214. The zero-order valence-corrected chi connectivity index (χ0v) is 23.2. The van der Waals surface area contributed by atoms with Crippen LogP contribution in [0.5, 0.6) is 0 Å². The second-order valence-electron chi connectivity index (χ2n) is 8.70. The van der Waals surface area contributed by atoms with Gasteiger partial charge < -0.3 is 4.90 Å². The predicted molar refractivity (Wildman–Crippen MR) is 152 cm³/mol. The Balaban J connectivity index is 1.34. The molecule has 3 nitrogen and oxygen atoms in total. The van der Waals surface area contributed by atoms with Crippen LogP contribution in [0.15, 0.2) is 70.5 Å². The minimum Gasteiger partial charge on any atom is -0.339 e. The normalized spacial score (nSPS) is 14.7. The van der Waals surface area contributed by atoms with Gasteiger partial charge >= 0.3 is 0 Å². The molecule has 0 spiro atoms. The molecule has 1 aliphatic rings. The first kappa shape index (κ1) is 24.4. The van der Waals surface area contributed by atoms with E-state index in [1.165, 1.54) is 16.0 Å². The number of thiazole rings is 1. The van der Waals surface area contributed by atoms with Crippen molar-refractivity contribution < 1.29 is 4.79 Å². The lowest BCUT2D eigenvalue weighted by molar-refractivity contribution is -0.126. The van der Waals surface area contributed by atoms with E-state index in [2.05, 4.69) is 47.1 Å². The third kappa shape index (κ3) is 5.78. The van der Waals surface area contributed by atoms with Gasteiger partial charge in [0.1, 0.15) is 0 Å². The van der Waals surface area contributed by atoms with E-state index in [0.29, 0.717) is 5.92 Å². The number of carbonyl (C=O) groups excluding carboxylic acids is 1. The van der Waals surface area contributed by atoms with E-state index >= 15 is 0 Å². The Bertz CT molecular complexity index is 1290. The van der Waals surface area contributed by atoms with Gasteiger partial charge in [-0.2, -0.15) is 0 Å². The highest BCUT2D eigenvalue weighted by Crippen LogP contribution is 2.42. The number of amides is 1. The lowest BCUT2D eigenvalue weighted by atomic mass is 9.97. The number of hydrogen-bond donors (Lipinski definition) is 0. The summed E-state index contributed by atoms with van der Waals surface area (Å²) in [7, 11) is 0. The molecule has 0 aliphatic carbocycles. The van der Waals surface area contributed by atoms with Crippen molar-refractivity contribution in [2.75, 3.05) is 13.1 Å². The summed E-state index contributed by atoms with van der Waals surface area (Å²) < 4.78 is 1.04. The number of aryl methyl sites for hydroxylation is 1. The van der Waals surface area contributed by atoms with Crippen molar-refractivity contribution in [2.45, 2.75) is 25.7 Å². The summed E-state index contributed by atoms with van der Waals surface area (Å²) in [6.07, 6.45) is 5.43. The highest BCUT2D eigenvalue weighted by Gasteiger charge is 2.27. The molecule has 0 bridgehead atoms. The van der Waals surface area contributed by atoms with Crippen molar-refractivity contribution in [3.63, 3.8) is 0 Å². The molecule has 2 aromatic heterocycles. The minimum atomic E-state index is 0.0781. The number of benzene rings is 2. The summed E-state index contributed by atoms with van der Waals surface area (Å²) >= 11 is 13.0. The van der Waals surface area contributed by atoms with Gasteiger partial charge in [-0.25, -0.2) is 4.98 Å². The Kier molecular flexibility index (Phi) is 7.54. The molecule has 1 aliphatic heterocycles. The summed E-state index contributed by atoms with van der Waals surface area (Å²) in [5.74, 6) is 0.431. The number of nitrogens with zero attached hydrogens (tertiary/aromatic N) is 2. The van der Waals surface area contributed by atoms with Gasteiger partial charge in [0.05, 0.1) is 15.6 Å². The van der Waals surface area contributed by atoms with E-state index in [4.69, 9.17) is 16.6 Å². The molecular weight excluding hydrogens is 560 g/mol. The van der Waals surface area contributed by atoms with Crippen LogP contribution in [0.25, 0.3) is 27.8 Å². The van der Waals surface area contributed by atoms with Gasteiger partial charge in [0.25, 0.3) is 0 Å². The van der Waals surface area contributed by atoms with Crippen molar-refractivity contribution >= 4 is 62.2 Å². The molecule has 0 saturated carbocycles. The van der Waals surface area contributed by atoms with E-state index in [0.717, 1.165) is 56.6 Å². The van der Waals surface area contributed by atoms with E-state index in [9.17, 15) is 4.79 Å². The van der Waals surface area contributed by atoms with Crippen LogP contribution in [0.4, 0.5) is 0 Å². The molecule has 3 heterocycles. The Labute approximate surface area is 227 Å². The quantitative estimate of drug-likeness (QED) is 0.220. The van der Waals surface area contributed by atoms with Crippen LogP contribution < -0.4 is 0 Å². The number of piperidine rings is 1.